The summed E-state index contributed by atoms with van der Waals surface area (Å²) < 4.78 is 0.845. The molecule has 1 aliphatic rings. The Balaban J connectivity index is 1.92. The summed E-state index contributed by atoms with van der Waals surface area (Å²) >= 11 is 20.1. The largest absolute Gasteiger partial charge is 0.338 e. The van der Waals surface area contributed by atoms with Crippen molar-refractivity contribution in [1.82, 2.24) is 4.90 Å². The molecule has 23 heavy (non-hydrogen) atoms. The summed E-state index contributed by atoms with van der Waals surface area (Å²) in [7, 11) is 4.05. The van der Waals surface area contributed by atoms with Gasteiger partial charge in [0.05, 0.1) is 30.2 Å². The standard InChI is InChI=1S/C16H17Cl3N2OS/c1-20-5-3-10(4-6-20)21(2)16(22)15-14(19)13-11(18)7-9(17)8-12(13)23-15/h7-8,10H,3-6H2,1-2H3/p+1. The molecule has 0 saturated carbocycles. The number of likely N-dealkylation sites (tertiary alicyclic amines) is 1. The molecule has 1 aliphatic heterocycles. The van der Waals surface area contributed by atoms with Gasteiger partial charge in [0.25, 0.3) is 5.91 Å². The summed E-state index contributed by atoms with van der Waals surface area (Å²) in [5, 5.41) is 2.18. The maximum Gasteiger partial charge on any atom is 0.265 e. The number of fused-ring (bicyclic) bond motifs is 1. The van der Waals surface area contributed by atoms with E-state index in [4.69, 9.17) is 34.8 Å². The van der Waals surface area contributed by atoms with Crippen molar-refractivity contribution < 1.29 is 9.69 Å². The van der Waals surface area contributed by atoms with Crippen molar-refractivity contribution in [3.63, 3.8) is 0 Å². The van der Waals surface area contributed by atoms with Gasteiger partial charge in [0.15, 0.2) is 0 Å². The van der Waals surface area contributed by atoms with E-state index in [0.717, 1.165) is 30.6 Å². The van der Waals surface area contributed by atoms with Gasteiger partial charge >= 0.3 is 0 Å². The highest BCUT2D eigenvalue weighted by Gasteiger charge is 2.29. The molecule has 1 N–H and O–H groups in total. The summed E-state index contributed by atoms with van der Waals surface area (Å²) in [6, 6.07) is 3.73. The predicted octanol–water partition coefficient (Wildman–Crippen LogP) is 3.61. The SMILES string of the molecule is CN(C(=O)c1sc2cc(Cl)cc(Cl)c2c1Cl)C1CC[NH+](C)CC1. The fourth-order valence-corrected chi connectivity index (χ4v) is 5.41. The molecule has 1 saturated heterocycles. The first-order valence-electron chi connectivity index (χ1n) is 7.54. The maximum atomic E-state index is 12.9. The molecular weight excluding hydrogens is 375 g/mol. The van der Waals surface area contributed by atoms with Crippen molar-refractivity contribution in [1.29, 1.82) is 0 Å². The molecule has 0 spiro atoms. The Bertz CT molecular complexity index is 753. The van der Waals surface area contributed by atoms with Gasteiger partial charge in [-0.2, -0.15) is 0 Å². The minimum atomic E-state index is -0.0343. The van der Waals surface area contributed by atoms with E-state index >= 15 is 0 Å². The van der Waals surface area contributed by atoms with Crippen LogP contribution >= 0.6 is 46.1 Å². The number of nitrogens with one attached hydrogen (secondary N) is 1. The number of halogens is 3. The van der Waals surface area contributed by atoms with Crippen LogP contribution in [0.3, 0.4) is 0 Å². The van der Waals surface area contributed by atoms with E-state index in [0.29, 0.717) is 25.3 Å². The molecule has 0 bridgehead atoms. The molecule has 2 heterocycles. The van der Waals surface area contributed by atoms with Crippen LogP contribution < -0.4 is 4.90 Å². The lowest BCUT2D eigenvalue weighted by molar-refractivity contribution is -0.885. The van der Waals surface area contributed by atoms with E-state index in [1.165, 1.54) is 16.2 Å². The number of hydrogen-bond acceptors (Lipinski definition) is 2. The fraction of sp³-hybridized carbons (Fsp3) is 0.438. The van der Waals surface area contributed by atoms with Gasteiger partial charge in [-0.15, -0.1) is 11.3 Å². The number of piperidine rings is 1. The van der Waals surface area contributed by atoms with Crippen molar-refractivity contribution >= 4 is 62.1 Å². The molecule has 1 aromatic heterocycles. The second-order valence-electron chi connectivity index (χ2n) is 6.11. The molecule has 0 aliphatic carbocycles. The molecule has 0 unspecified atom stereocenters. The topological polar surface area (TPSA) is 24.8 Å². The Morgan fingerprint density at radius 2 is 1.91 bits per heavy atom. The van der Waals surface area contributed by atoms with Crippen molar-refractivity contribution in [2.24, 2.45) is 0 Å². The van der Waals surface area contributed by atoms with Gasteiger partial charge in [-0.3, -0.25) is 4.79 Å². The van der Waals surface area contributed by atoms with Crippen LogP contribution in [-0.2, 0) is 0 Å². The van der Waals surface area contributed by atoms with Gasteiger partial charge in [0.2, 0.25) is 0 Å². The molecule has 3 nitrogen and oxygen atoms in total. The Labute approximate surface area is 154 Å². The lowest BCUT2D eigenvalue weighted by Crippen LogP contribution is -3.10. The zero-order chi connectivity index (χ0) is 16.7. The number of thiophene rings is 1. The first kappa shape index (κ1) is 17.3. The molecule has 1 amide bonds. The number of benzene rings is 1. The quantitative estimate of drug-likeness (QED) is 0.829. The number of carbonyl (C=O) groups excluding carboxylic acids is 1. The number of hydrogen-bond donors (Lipinski definition) is 1. The van der Waals surface area contributed by atoms with Crippen LogP contribution in [0.15, 0.2) is 12.1 Å². The first-order valence-corrected chi connectivity index (χ1v) is 9.49. The summed E-state index contributed by atoms with van der Waals surface area (Å²) in [6.07, 6.45) is 2.03. The molecular formula is C16H18Cl3N2OS+. The normalized spacial score (nSPS) is 21.6. The monoisotopic (exact) mass is 391 g/mol. The van der Waals surface area contributed by atoms with E-state index in [1.54, 1.807) is 12.1 Å². The van der Waals surface area contributed by atoms with Crippen LogP contribution in [0.4, 0.5) is 0 Å². The zero-order valence-electron chi connectivity index (χ0n) is 13.0. The van der Waals surface area contributed by atoms with Gasteiger partial charge in [-0.1, -0.05) is 34.8 Å². The molecule has 0 radical (unpaired) electrons. The molecule has 124 valence electrons. The first-order chi connectivity index (χ1) is 10.9. The summed E-state index contributed by atoms with van der Waals surface area (Å²) in [5.74, 6) is -0.0343. The van der Waals surface area contributed by atoms with Gasteiger partial charge in [-0.25, -0.2) is 0 Å². The number of nitrogens with zero attached hydrogens (tertiary/aromatic N) is 1. The van der Waals surface area contributed by atoms with Crippen LogP contribution in [-0.4, -0.2) is 44.0 Å². The van der Waals surface area contributed by atoms with Crippen molar-refractivity contribution in [3.8, 4) is 0 Å². The second-order valence-corrected chi connectivity index (χ2v) is 8.38. The lowest BCUT2D eigenvalue weighted by Gasteiger charge is -2.33. The van der Waals surface area contributed by atoms with E-state index < -0.39 is 0 Å². The maximum absolute atomic E-state index is 12.9. The predicted molar refractivity (Wildman–Crippen MR) is 98.6 cm³/mol. The fourth-order valence-electron chi connectivity index (χ4n) is 3.06. The molecule has 2 aromatic rings. The van der Waals surface area contributed by atoms with Crippen LogP contribution in [0.2, 0.25) is 15.1 Å². The average molecular weight is 393 g/mol. The Morgan fingerprint density at radius 3 is 2.57 bits per heavy atom. The average Bonchev–Trinajstić information content (AvgIpc) is 2.83. The Hall–Kier alpha value is -0.520. The Kier molecular flexibility index (Phi) is 5.09. The van der Waals surface area contributed by atoms with Crippen molar-refractivity contribution in [2.75, 3.05) is 27.2 Å². The zero-order valence-corrected chi connectivity index (χ0v) is 16.0. The van der Waals surface area contributed by atoms with Gasteiger partial charge < -0.3 is 9.80 Å². The second kappa shape index (κ2) is 6.77. The van der Waals surface area contributed by atoms with E-state index in [2.05, 4.69) is 7.05 Å². The molecule has 1 aromatic carbocycles. The third kappa shape index (κ3) is 3.33. The van der Waals surface area contributed by atoms with Crippen molar-refractivity contribution in [3.05, 3.63) is 32.1 Å². The lowest BCUT2D eigenvalue weighted by atomic mass is 10.0. The Morgan fingerprint density at radius 1 is 1.26 bits per heavy atom. The summed E-state index contributed by atoms with van der Waals surface area (Å²) in [6.45, 7) is 2.17. The van der Waals surface area contributed by atoms with Crippen LogP contribution in [0.5, 0.6) is 0 Å². The van der Waals surface area contributed by atoms with E-state index in [9.17, 15) is 4.79 Å². The van der Waals surface area contributed by atoms with Gasteiger partial charge in [0, 0.05) is 41.0 Å². The number of amides is 1. The molecule has 7 heteroatoms. The molecule has 1 fully saturated rings. The minimum absolute atomic E-state index is 0.0343. The number of rotatable bonds is 2. The van der Waals surface area contributed by atoms with Crippen molar-refractivity contribution in [2.45, 2.75) is 18.9 Å². The van der Waals surface area contributed by atoms with Crippen LogP contribution in [0, 0.1) is 0 Å². The van der Waals surface area contributed by atoms with Crippen LogP contribution in [0.1, 0.15) is 22.5 Å². The summed E-state index contributed by atoms with van der Waals surface area (Å²) in [4.78, 5) is 16.8. The number of carbonyl (C=O) groups is 1. The van der Waals surface area contributed by atoms with E-state index in [-0.39, 0.29) is 11.9 Å². The third-order valence-corrected chi connectivity index (χ3v) is 6.65. The minimum Gasteiger partial charge on any atom is -0.338 e. The highest BCUT2D eigenvalue weighted by atomic mass is 35.5. The highest BCUT2D eigenvalue weighted by molar-refractivity contribution is 7.21. The van der Waals surface area contributed by atoms with Gasteiger partial charge in [0.1, 0.15) is 4.88 Å². The van der Waals surface area contributed by atoms with Gasteiger partial charge in [-0.05, 0) is 12.1 Å². The highest BCUT2D eigenvalue weighted by Crippen LogP contribution is 2.41. The third-order valence-electron chi connectivity index (χ3n) is 4.52. The number of quaternary nitrogens is 1. The summed E-state index contributed by atoms with van der Waals surface area (Å²) in [5.41, 5.74) is 0. The molecule has 0 atom stereocenters. The molecule has 3 rings (SSSR count). The van der Waals surface area contributed by atoms with E-state index in [1.807, 2.05) is 11.9 Å². The van der Waals surface area contributed by atoms with Crippen LogP contribution in [0.25, 0.3) is 10.1 Å². The smallest absolute Gasteiger partial charge is 0.265 e.